The molecule has 8 heavy (non-hydrogen) atoms. The maximum atomic E-state index is 2.23. The highest BCUT2D eigenvalue weighted by atomic mass is 14.1. The summed E-state index contributed by atoms with van der Waals surface area (Å²) in [4.78, 5) is 0. The van der Waals surface area contributed by atoms with Gasteiger partial charge in [0.25, 0.3) is 0 Å². The largest absolute Gasteiger partial charge is 0.0798 e. The van der Waals surface area contributed by atoms with Crippen LogP contribution >= 0.6 is 0 Å². The third-order valence-electron chi connectivity index (χ3n) is 1.73. The van der Waals surface area contributed by atoms with Gasteiger partial charge in [-0.3, -0.25) is 0 Å². The lowest BCUT2D eigenvalue weighted by molar-refractivity contribution is 1.15. The Kier molecular flexibility index (Phi) is 0.696. The molecule has 0 aliphatic heterocycles. The van der Waals surface area contributed by atoms with Gasteiger partial charge in [0.15, 0.2) is 0 Å². The van der Waals surface area contributed by atoms with Crippen molar-refractivity contribution in [3.05, 3.63) is 35.5 Å². The van der Waals surface area contributed by atoms with Crippen LogP contribution in [0.1, 0.15) is 12.8 Å². The molecule has 0 N–H and O–H groups in total. The van der Waals surface area contributed by atoms with Gasteiger partial charge in [0.1, 0.15) is 0 Å². The van der Waals surface area contributed by atoms with Crippen molar-refractivity contribution in [2.45, 2.75) is 12.8 Å². The molecule has 2 aliphatic rings. The summed E-state index contributed by atoms with van der Waals surface area (Å²) < 4.78 is 0. The first-order valence-corrected chi connectivity index (χ1v) is 3.02. The molecule has 0 radical (unpaired) electrons. The Labute approximate surface area is 49.2 Å². The molecule has 2 rings (SSSR count). The third kappa shape index (κ3) is 0.401. The van der Waals surface area contributed by atoms with Crippen LogP contribution in [-0.2, 0) is 0 Å². The molecule has 0 aromatic rings. The second-order valence-electron chi connectivity index (χ2n) is 2.27. The van der Waals surface area contributed by atoms with E-state index in [-0.39, 0.29) is 0 Å². The summed E-state index contributed by atoms with van der Waals surface area (Å²) in [6.45, 7) is 0. The molecule has 0 bridgehead atoms. The number of rotatable bonds is 0. The van der Waals surface area contributed by atoms with Crippen molar-refractivity contribution in [2.75, 3.05) is 0 Å². The van der Waals surface area contributed by atoms with E-state index in [1.165, 1.54) is 18.4 Å². The Morgan fingerprint density at radius 2 is 1.62 bits per heavy atom. The van der Waals surface area contributed by atoms with Crippen LogP contribution in [0.15, 0.2) is 35.5 Å². The topological polar surface area (TPSA) is 0 Å². The maximum absolute atomic E-state index is 2.23. The average molecular weight is 104 g/mol. The first kappa shape index (κ1) is 4.13. The van der Waals surface area contributed by atoms with Crippen LogP contribution in [0.4, 0.5) is 0 Å². The first-order valence-electron chi connectivity index (χ1n) is 3.02. The molecular formula is C8H8. The minimum absolute atomic E-state index is 1.20. The van der Waals surface area contributed by atoms with E-state index in [1.54, 1.807) is 5.57 Å². The summed E-state index contributed by atoms with van der Waals surface area (Å²) in [5, 5.41) is 0. The van der Waals surface area contributed by atoms with Crippen LogP contribution in [0.2, 0.25) is 0 Å². The van der Waals surface area contributed by atoms with Crippen LogP contribution in [-0.4, -0.2) is 0 Å². The Morgan fingerprint density at radius 3 is 2.12 bits per heavy atom. The zero-order valence-electron chi connectivity index (χ0n) is 4.72. The van der Waals surface area contributed by atoms with Gasteiger partial charge in [-0.05, 0) is 18.4 Å². The lowest BCUT2D eigenvalue weighted by atomic mass is 10.2. The third-order valence-corrected chi connectivity index (χ3v) is 1.73. The summed E-state index contributed by atoms with van der Waals surface area (Å²) >= 11 is 0. The first-order chi connectivity index (χ1) is 3.97. The molecule has 40 valence electrons. The van der Waals surface area contributed by atoms with E-state index in [2.05, 4.69) is 24.3 Å². The number of hydrogen-bond acceptors (Lipinski definition) is 0. The van der Waals surface area contributed by atoms with Gasteiger partial charge >= 0.3 is 0 Å². The van der Waals surface area contributed by atoms with Crippen LogP contribution < -0.4 is 0 Å². The Morgan fingerprint density at radius 1 is 1.00 bits per heavy atom. The fourth-order valence-electron chi connectivity index (χ4n) is 1.27. The summed E-state index contributed by atoms with van der Waals surface area (Å²) in [6, 6.07) is 0. The minimum atomic E-state index is 1.20. The summed E-state index contributed by atoms with van der Waals surface area (Å²) in [5.41, 5.74) is 3.06. The van der Waals surface area contributed by atoms with Crippen LogP contribution in [0.3, 0.4) is 0 Å². The monoisotopic (exact) mass is 104 g/mol. The molecule has 0 amide bonds. The fourth-order valence-corrected chi connectivity index (χ4v) is 1.27. The predicted octanol–water partition coefficient (Wildman–Crippen LogP) is 2.20. The maximum Gasteiger partial charge on any atom is -0.0123 e. The molecule has 0 atom stereocenters. The van der Waals surface area contributed by atoms with Crippen LogP contribution in [0.5, 0.6) is 0 Å². The average Bonchev–Trinajstić information content (AvgIpc) is 2.15. The lowest BCUT2D eigenvalue weighted by Crippen LogP contribution is -1.69. The van der Waals surface area contributed by atoms with Crippen molar-refractivity contribution in [2.24, 2.45) is 0 Å². The lowest BCUT2D eigenvalue weighted by Gasteiger charge is -1.88. The smallest absolute Gasteiger partial charge is 0.0123 e. The van der Waals surface area contributed by atoms with Crippen molar-refractivity contribution >= 4 is 0 Å². The molecule has 0 nitrogen and oxygen atoms in total. The normalized spacial score (nSPS) is 23.0. The van der Waals surface area contributed by atoms with Gasteiger partial charge in [0.2, 0.25) is 0 Å². The second kappa shape index (κ2) is 1.35. The van der Waals surface area contributed by atoms with Crippen molar-refractivity contribution in [3.8, 4) is 0 Å². The SMILES string of the molecule is C1=CC2=C(C1)CC=C2. The van der Waals surface area contributed by atoms with Crippen molar-refractivity contribution in [3.63, 3.8) is 0 Å². The summed E-state index contributed by atoms with van der Waals surface area (Å²) in [7, 11) is 0. The fraction of sp³-hybridized carbons (Fsp3) is 0.250. The highest BCUT2D eigenvalue weighted by molar-refractivity contribution is 5.46. The molecule has 0 unspecified atom stereocenters. The summed E-state index contributed by atoms with van der Waals surface area (Å²) in [6.07, 6.45) is 11.3. The van der Waals surface area contributed by atoms with E-state index in [0.29, 0.717) is 0 Å². The molecule has 0 saturated carbocycles. The Hall–Kier alpha value is -0.780. The molecule has 0 aromatic heterocycles. The van der Waals surface area contributed by atoms with Crippen molar-refractivity contribution in [1.82, 2.24) is 0 Å². The van der Waals surface area contributed by atoms with E-state index < -0.39 is 0 Å². The zero-order chi connectivity index (χ0) is 5.40. The standard InChI is InChI=1S/C8H8/c1-3-7-5-2-6-8(7)4-1/h1-3,5H,4,6H2. The molecule has 0 aromatic carbocycles. The quantitative estimate of drug-likeness (QED) is 0.442. The van der Waals surface area contributed by atoms with E-state index in [4.69, 9.17) is 0 Å². The van der Waals surface area contributed by atoms with Gasteiger partial charge in [-0.15, -0.1) is 0 Å². The molecule has 0 spiro atoms. The van der Waals surface area contributed by atoms with Gasteiger partial charge in [-0.25, -0.2) is 0 Å². The highest BCUT2D eigenvalue weighted by Crippen LogP contribution is 2.27. The predicted molar refractivity (Wildman–Crippen MR) is 34.5 cm³/mol. The van der Waals surface area contributed by atoms with E-state index >= 15 is 0 Å². The van der Waals surface area contributed by atoms with E-state index in [0.717, 1.165) is 0 Å². The molecule has 0 fully saturated rings. The minimum Gasteiger partial charge on any atom is -0.0798 e. The highest BCUT2D eigenvalue weighted by Gasteiger charge is 2.08. The second-order valence-corrected chi connectivity index (χ2v) is 2.27. The van der Waals surface area contributed by atoms with Crippen molar-refractivity contribution in [1.29, 1.82) is 0 Å². The van der Waals surface area contributed by atoms with Gasteiger partial charge in [-0.1, -0.05) is 29.9 Å². The van der Waals surface area contributed by atoms with Gasteiger partial charge in [0.05, 0.1) is 0 Å². The molecule has 0 heterocycles. The van der Waals surface area contributed by atoms with E-state index in [1.807, 2.05) is 0 Å². The zero-order valence-corrected chi connectivity index (χ0v) is 4.72. The summed E-state index contributed by atoms with van der Waals surface area (Å²) in [5.74, 6) is 0. The number of allylic oxidation sites excluding steroid dienone is 6. The van der Waals surface area contributed by atoms with Gasteiger partial charge < -0.3 is 0 Å². The molecule has 0 heteroatoms. The van der Waals surface area contributed by atoms with E-state index in [9.17, 15) is 0 Å². The molecule has 0 saturated heterocycles. The van der Waals surface area contributed by atoms with Gasteiger partial charge in [-0.2, -0.15) is 0 Å². The van der Waals surface area contributed by atoms with Crippen LogP contribution in [0, 0.1) is 0 Å². The van der Waals surface area contributed by atoms with Crippen LogP contribution in [0.25, 0.3) is 0 Å². The number of hydrogen-bond donors (Lipinski definition) is 0. The molecule has 2 aliphatic carbocycles. The van der Waals surface area contributed by atoms with Gasteiger partial charge in [0, 0.05) is 0 Å². The Balaban J connectivity index is 2.43. The van der Waals surface area contributed by atoms with Crippen molar-refractivity contribution < 1.29 is 0 Å². The molecular weight excluding hydrogens is 96.1 g/mol. The Bertz CT molecular complexity index is 172.